The highest BCUT2D eigenvalue weighted by molar-refractivity contribution is 5.80. The highest BCUT2D eigenvalue weighted by Crippen LogP contribution is 2.37. The predicted molar refractivity (Wildman–Crippen MR) is 131 cm³/mol. The van der Waals surface area contributed by atoms with Crippen LogP contribution < -0.4 is 0 Å². The van der Waals surface area contributed by atoms with Gasteiger partial charge in [-0.05, 0) is 54.7 Å². The third-order valence-corrected chi connectivity index (χ3v) is 6.86. The fourth-order valence-corrected chi connectivity index (χ4v) is 4.78. The van der Waals surface area contributed by atoms with Crippen molar-refractivity contribution in [1.29, 1.82) is 10.5 Å². The summed E-state index contributed by atoms with van der Waals surface area (Å²) in [5, 5.41) is 18.2. The van der Waals surface area contributed by atoms with E-state index in [1.165, 1.54) is 7.11 Å². The summed E-state index contributed by atoms with van der Waals surface area (Å²) < 4.78 is 7.09. The summed E-state index contributed by atoms with van der Waals surface area (Å²) in [5.74, 6) is -0.293. The van der Waals surface area contributed by atoms with Crippen molar-refractivity contribution < 1.29 is 14.3 Å². The van der Waals surface area contributed by atoms with E-state index in [2.05, 4.69) is 17.1 Å². The summed E-state index contributed by atoms with van der Waals surface area (Å²) in [5.41, 5.74) is 3.16. The number of nitrogens with zero attached hydrogens (tertiary/aromatic N) is 5. The van der Waals surface area contributed by atoms with Crippen molar-refractivity contribution in [2.45, 2.75) is 32.2 Å². The van der Waals surface area contributed by atoms with Gasteiger partial charge < -0.3 is 14.2 Å². The van der Waals surface area contributed by atoms with Crippen LogP contribution in [-0.2, 0) is 33.7 Å². The second-order valence-electron chi connectivity index (χ2n) is 9.14. The van der Waals surface area contributed by atoms with Crippen molar-refractivity contribution in [2.24, 2.45) is 5.41 Å². The van der Waals surface area contributed by atoms with Crippen molar-refractivity contribution in [2.75, 3.05) is 20.2 Å². The molecule has 0 atom stereocenters. The van der Waals surface area contributed by atoms with E-state index in [0.29, 0.717) is 50.0 Å². The molecule has 1 aromatic heterocycles. The van der Waals surface area contributed by atoms with Crippen LogP contribution in [0.4, 0.5) is 0 Å². The van der Waals surface area contributed by atoms with Crippen LogP contribution in [0.5, 0.6) is 0 Å². The van der Waals surface area contributed by atoms with E-state index in [9.17, 15) is 14.9 Å². The molecule has 0 N–H and O–H groups in total. The van der Waals surface area contributed by atoms with E-state index in [4.69, 9.17) is 10.00 Å². The predicted octanol–water partition coefficient (Wildman–Crippen LogP) is 3.24. The first-order valence-electron chi connectivity index (χ1n) is 11.8. The van der Waals surface area contributed by atoms with Gasteiger partial charge in [0.05, 0.1) is 48.5 Å². The lowest BCUT2D eigenvalue weighted by Gasteiger charge is -2.40. The standard InChI is InChI=1S/C28H27N5O3/c1-36-27(35)28(15-23-3-2-4-24(13-23)17-30)9-11-32(12-10-28)26(34)14-25-18-31-20-33(25)19-22-7-5-21(16-29)6-8-22/h2-8,13,18,20H,9-12,14-15,19H2,1H3. The van der Waals surface area contributed by atoms with Crippen LogP contribution in [0.25, 0.3) is 0 Å². The van der Waals surface area contributed by atoms with Gasteiger partial charge in [-0.15, -0.1) is 0 Å². The van der Waals surface area contributed by atoms with E-state index < -0.39 is 5.41 Å². The Bertz CT molecular complexity index is 1320. The Morgan fingerprint density at radius 3 is 2.42 bits per heavy atom. The Labute approximate surface area is 210 Å². The first kappa shape index (κ1) is 24.7. The summed E-state index contributed by atoms with van der Waals surface area (Å²) in [6, 6.07) is 18.9. The van der Waals surface area contributed by atoms with Crippen molar-refractivity contribution in [3.63, 3.8) is 0 Å². The topological polar surface area (TPSA) is 112 Å². The first-order valence-corrected chi connectivity index (χ1v) is 11.8. The Balaban J connectivity index is 1.41. The largest absolute Gasteiger partial charge is 0.469 e. The van der Waals surface area contributed by atoms with Crippen molar-refractivity contribution in [3.8, 4) is 12.1 Å². The lowest BCUT2D eigenvalue weighted by Crippen LogP contribution is -2.48. The van der Waals surface area contributed by atoms with Gasteiger partial charge in [0.15, 0.2) is 0 Å². The maximum atomic E-state index is 13.1. The Morgan fingerprint density at radius 2 is 1.75 bits per heavy atom. The molecule has 8 heteroatoms. The van der Waals surface area contributed by atoms with Gasteiger partial charge in [-0.2, -0.15) is 10.5 Å². The number of likely N-dealkylation sites (tertiary alicyclic amines) is 1. The van der Waals surface area contributed by atoms with E-state index >= 15 is 0 Å². The third-order valence-electron chi connectivity index (χ3n) is 6.86. The third kappa shape index (κ3) is 5.45. The van der Waals surface area contributed by atoms with Crippen molar-refractivity contribution >= 4 is 11.9 Å². The molecule has 36 heavy (non-hydrogen) atoms. The number of methoxy groups -OCH3 is 1. The van der Waals surface area contributed by atoms with Crippen LogP contribution >= 0.6 is 0 Å². The molecule has 8 nitrogen and oxygen atoms in total. The molecule has 0 radical (unpaired) electrons. The average molecular weight is 482 g/mol. The van der Waals surface area contributed by atoms with Crippen LogP contribution in [0, 0.1) is 28.1 Å². The molecule has 2 heterocycles. The van der Waals surface area contributed by atoms with Gasteiger partial charge in [0, 0.05) is 31.5 Å². The number of piperidine rings is 1. The molecule has 1 fully saturated rings. The Kier molecular flexibility index (Phi) is 7.46. The van der Waals surface area contributed by atoms with Gasteiger partial charge in [0.25, 0.3) is 0 Å². The Hall–Kier alpha value is -4.43. The van der Waals surface area contributed by atoms with Crippen LogP contribution in [0.2, 0.25) is 0 Å². The monoisotopic (exact) mass is 481 g/mol. The maximum Gasteiger partial charge on any atom is 0.312 e. The molecule has 0 bridgehead atoms. The van der Waals surface area contributed by atoms with Crippen LogP contribution in [-0.4, -0.2) is 46.5 Å². The minimum absolute atomic E-state index is 0.0125. The summed E-state index contributed by atoms with van der Waals surface area (Å²) in [6.45, 7) is 1.47. The SMILES string of the molecule is COC(=O)C1(Cc2cccc(C#N)c2)CCN(C(=O)Cc2cncn2Cc2ccc(C#N)cc2)CC1. The number of rotatable bonds is 7. The average Bonchev–Trinajstić information content (AvgIpc) is 3.35. The highest BCUT2D eigenvalue weighted by Gasteiger charge is 2.43. The number of aromatic nitrogens is 2. The van der Waals surface area contributed by atoms with Gasteiger partial charge in [-0.25, -0.2) is 4.98 Å². The molecule has 1 saturated heterocycles. The van der Waals surface area contributed by atoms with E-state index in [-0.39, 0.29) is 18.3 Å². The molecule has 4 rings (SSSR count). The lowest BCUT2D eigenvalue weighted by atomic mass is 9.73. The molecule has 182 valence electrons. The number of carbonyl (C=O) groups excluding carboxylic acids is 2. The molecular weight excluding hydrogens is 454 g/mol. The van der Waals surface area contributed by atoms with Crippen molar-refractivity contribution in [3.05, 3.63) is 89.0 Å². The molecule has 0 spiro atoms. The number of ether oxygens (including phenoxy) is 1. The number of benzene rings is 2. The summed E-state index contributed by atoms with van der Waals surface area (Å²) in [7, 11) is 1.39. The zero-order chi connectivity index (χ0) is 25.5. The second-order valence-corrected chi connectivity index (χ2v) is 9.14. The zero-order valence-electron chi connectivity index (χ0n) is 20.2. The smallest absolute Gasteiger partial charge is 0.312 e. The zero-order valence-corrected chi connectivity index (χ0v) is 20.2. The number of amides is 1. The van der Waals surface area contributed by atoms with Gasteiger partial charge in [0.2, 0.25) is 5.91 Å². The number of hydrogen-bond donors (Lipinski definition) is 0. The normalized spacial score (nSPS) is 14.5. The van der Waals surface area contributed by atoms with E-state index in [1.54, 1.807) is 41.7 Å². The lowest BCUT2D eigenvalue weighted by molar-refractivity contribution is -0.157. The van der Waals surface area contributed by atoms with Crippen LogP contribution in [0.15, 0.2) is 61.1 Å². The number of imidazole rings is 1. The van der Waals surface area contributed by atoms with Crippen molar-refractivity contribution in [1.82, 2.24) is 14.5 Å². The summed E-state index contributed by atoms with van der Waals surface area (Å²) in [6.07, 6.45) is 5.07. The molecule has 0 unspecified atom stereocenters. The molecule has 0 aliphatic carbocycles. The van der Waals surface area contributed by atoms with Gasteiger partial charge >= 0.3 is 5.97 Å². The van der Waals surface area contributed by atoms with E-state index in [1.807, 2.05) is 28.8 Å². The van der Waals surface area contributed by atoms with Gasteiger partial charge in [-0.3, -0.25) is 9.59 Å². The number of esters is 1. The number of nitriles is 2. The molecule has 2 aromatic carbocycles. The van der Waals surface area contributed by atoms with Gasteiger partial charge in [-0.1, -0.05) is 24.3 Å². The van der Waals surface area contributed by atoms with Crippen LogP contribution in [0.1, 0.15) is 40.8 Å². The molecule has 1 amide bonds. The second kappa shape index (κ2) is 10.9. The van der Waals surface area contributed by atoms with Crippen LogP contribution in [0.3, 0.4) is 0 Å². The molecule has 1 aliphatic rings. The highest BCUT2D eigenvalue weighted by atomic mass is 16.5. The summed E-state index contributed by atoms with van der Waals surface area (Å²) in [4.78, 5) is 32.0. The number of hydrogen-bond acceptors (Lipinski definition) is 6. The molecule has 1 aliphatic heterocycles. The number of carbonyl (C=O) groups is 2. The molecule has 3 aromatic rings. The quantitative estimate of drug-likeness (QED) is 0.479. The first-order chi connectivity index (χ1) is 17.5. The minimum Gasteiger partial charge on any atom is -0.469 e. The molecule has 0 saturated carbocycles. The fraction of sp³-hybridized carbons (Fsp3) is 0.321. The summed E-state index contributed by atoms with van der Waals surface area (Å²) >= 11 is 0. The van der Waals surface area contributed by atoms with E-state index in [0.717, 1.165) is 16.8 Å². The fourth-order valence-electron chi connectivity index (χ4n) is 4.78. The molecular formula is C28H27N5O3. The van der Waals surface area contributed by atoms with Gasteiger partial charge in [0.1, 0.15) is 0 Å². The minimum atomic E-state index is -0.725. The maximum absolute atomic E-state index is 13.1. The Morgan fingerprint density at radius 1 is 1.03 bits per heavy atom.